The first-order valence-electron chi connectivity index (χ1n) is 14.8. The van der Waals surface area contributed by atoms with E-state index in [1.807, 2.05) is 67.3 Å². The molecule has 2 aromatic carbocycles. The maximum Gasteiger partial charge on any atom is 0.270 e. The van der Waals surface area contributed by atoms with Gasteiger partial charge in [0, 0.05) is 31.7 Å². The average molecular weight is 611 g/mol. The number of anilines is 2. The second kappa shape index (κ2) is 15.4. The van der Waals surface area contributed by atoms with Gasteiger partial charge in [-0.25, -0.2) is 9.97 Å². The lowest BCUT2D eigenvalue weighted by atomic mass is 10.1. The van der Waals surface area contributed by atoms with Gasteiger partial charge in [-0.05, 0) is 42.9 Å². The molecule has 0 saturated carbocycles. The number of nitrogens with one attached hydrogen (secondary N) is 2. The summed E-state index contributed by atoms with van der Waals surface area (Å²) in [5, 5.41) is 9.38. The summed E-state index contributed by atoms with van der Waals surface area (Å²) in [5.74, 6) is 4.41. The Morgan fingerprint density at radius 2 is 1.87 bits per heavy atom. The van der Waals surface area contributed by atoms with Gasteiger partial charge in [0.2, 0.25) is 0 Å². The molecule has 0 aliphatic heterocycles. The predicted octanol–water partition coefficient (Wildman–Crippen LogP) is 2.66. The third kappa shape index (κ3) is 8.59. The van der Waals surface area contributed by atoms with Crippen LogP contribution in [-0.4, -0.2) is 40.6 Å². The van der Waals surface area contributed by atoms with Gasteiger partial charge < -0.3 is 27.1 Å². The van der Waals surface area contributed by atoms with E-state index in [0.717, 1.165) is 41.5 Å². The van der Waals surface area contributed by atoms with E-state index in [9.17, 15) is 19.2 Å². The van der Waals surface area contributed by atoms with Crippen molar-refractivity contribution >= 4 is 29.4 Å². The zero-order valence-corrected chi connectivity index (χ0v) is 25.5. The van der Waals surface area contributed by atoms with Gasteiger partial charge in [0.05, 0.1) is 6.21 Å². The topological polar surface area (TPSA) is 186 Å². The first kappa shape index (κ1) is 32.5. The molecule has 0 saturated heterocycles. The fraction of sp³-hybridized carbons (Fsp3) is 0.303. The maximum absolute atomic E-state index is 13.0. The van der Waals surface area contributed by atoms with Crippen molar-refractivity contribution in [2.45, 2.75) is 58.7 Å². The third-order valence-corrected chi connectivity index (χ3v) is 7.40. The van der Waals surface area contributed by atoms with E-state index in [0.29, 0.717) is 19.5 Å². The molecule has 1 atom stereocenters. The minimum absolute atomic E-state index is 0.00535. The summed E-state index contributed by atoms with van der Waals surface area (Å²) in [5.41, 5.74) is 8.75. The van der Waals surface area contributed by atoms with E-state index in [-0.39, 0.29) is 35.3 Å². The number of hydrazone groups is 1. The number of aromatic nitrogens is 2. The molecule has 2 amide bonds. The van der Waals surface area contributed by atoms with Crippen molar-refractivity contribution in [3.05, 3.63) is 115 Å². The first-order valence-corrected chi connectivity index (χ1v) is 14.8. The minimum Gasteiger partial charge on any atom is -0.394 e. The molecule has 0 radical (unpaired) electrons. The average Bonchev–Trinajstić information content (AvgIpc) is 3.12. The van der Waals surface area contributed by atoms with Crippen molar-refractivity contribution in [2.75, 3.05) is 17.2 Å². The molecule has 1 heterocycles. The number of allylic oxidation sites excluding steroid dienone is 5. The van der Waals surface area contributed by atoms with Gasteiger partial charge >= 0.3 is 0 Å². The van der Waals surface area contributed by atoms with Gasteiger partial charge in [0.1, 0.15) is 29.1 Å². The number of nitrogens with zero attached hydrogens (tertiary/aromatic N) is 4. The maximum atomic E-state index is 13.0. The molecule has 12 nitrogen and oxygen atoms in total. The standard InChI is InChI=1S/C33H38N8O4/c1-3-4-13-41(29-28(34)30(42)31(29)43)19-24-9-5-7-23(15-24)17-36-32(44)26-16-27(38-20-37-26)33(45)40-25-10-6-8-22(18-39-35)14-21(2)11-12-25/h5-10,14-16,18,20,25H,3-4,11-13,17,19,34-35H2,1-2H3,(H,36,44)(H,40,45)/b10-6+,21-14+,22-8+,39-18+. The van der Waals surface area contributed by atoms with Crippen molar-refractivity contribution in [3.8, 4) is 0 Å². The zero-order chi connectivity index (χ0) is 32.3. The Morgan fingerprint density at radius 3 is 2.60 bits per heavy atom. The molecule has 1 unspecified atom stereocenters. The van der Waals surface area contributed by atoms with E-state index in [2.05, 4.69) is 25.7 Å². The lowest BCUT2D eigenvalue weighted by molar-refractivity contribution is 0.0937. The number of hydrogen-bond acceptors (Lipinski definition) is 10. The molecule has 12 heteroatoms. The Balaban J connectivity index is 1.38. The second-order valence-electron chi connectivity index (χ2n) is 10.9. The lowest BCUT2D eigenvalue weighted by Gasteiger charge is -2.26. The highest BCUT2D eigenvalue weighted by Gasteiger charge is 2.24. The Kier molecular flexibility index (Phi) is 11.1. The summed E-state index contributed by atoms with van der Waals surface area (Å²) < 4.78 is 0. The van der Waals surface area contributed by atoms with E-state index in [1.165, 1.54) is 12.4 Å². The van der Waals surface area contributed by atoms with Gasteiger partial charge in [-0.2, -0.15) is 5.10 Å². The number of carbonyl (C=O) groups is 2. The van der Waals surface area contributed by atoms with Crippen molar-refractivity contribution < 1.29 is 9.59 Å². The van der Waals surface area contributed by atoms with Gasteiger partial charge in [-0.1, -0.05) is 67.5 Å². The number of unbranched alkanes of at least 4 members (excludes halogenated alkanes) is 1. The van der Waals surface area contributed by atoms with Crippen LogP contribution in [0.4, 0.5) is 11.4 Å². The summed E-state index contributed by atoms with van der Waals surface area (Å²) in [4.78, 5) is 59.8. The van der Waals surface area contributed by atoms with Crippen LogP contribution in [0.25, 0.3) is 0 Å². The molecule has 234 valence electrons. The SMILES string of the molecule is CCCCN(Cc1cccc(CNC(=O)c2cc(C(=O)NC3/C=C/C=C(/C=N/N)\C=C(/C)CC3)ncn2)c1)c1c(N)c(=O)c1=O. The van der Waals surface area contributed by atoms with E-state index in [4.69, 9.17) is 11.6 Å². The number of hydrogen-bond donors (Lipinski definition) is 4. The van der Waals surface area contributed by atoms with Crippen LogP contribution in [0, 0.1) is 0 Å². The molecule has 1 aliphatic rings. The summed E-state index contributed by atoms with van der Waals surface area (Å²) >= 11 is 0. The second-order valence-corrected chi connectivity index (χ2v) is 10.9. The van der Waals surface area contributed by atoms with E-state index >= 15 is 0 Å². The summed E-state index contributed by atoms with van der Waals surface area (Å²) in [7, 11) is 0. The largest absolute Gasteiger partial charge is 0.394 e. The van der Waals surface area contributed by atoms with Gasteiger partial charge in [-0.3, -0.25) is 19.2 Å². The summed E-state index contributed by atoms with van der Waals surface area (Å²) in [6.45, 7) is 5.24. The number of amides is 2. The van der Waals surface area contributed by atoms with Crippen LogP contribution in [0.2, 0.25) is 0 Å². The molecule has 0 fully saturated rings. The number of benzene rings is 1. The van der Waals surface area contributed by atoms with Crippen molar-refractivity contribution in [1.29, 1.82) is 0 Å². The smallest absolute Gasteiger partial charge is 0.270 e. The molecule has 0 bridgehead atoms. The summed E-state index contributed by atoms with van der Waals surface area (Å²) in [6.07, 6.45) is 13.5. The van der Waals surface area contributed by atoms with Gasteiger partial charge in [-0.15, -0.1) is 0 Å². The van der Waals surface area contributed by atoms with Gasteiger partial charge in [0.15, 0.2) is 0 Å². The highest BCUT2D eigenvalue weighted by molar-refractivity contribution is 5.97. The Labute approximate surface area is 261 Å². The van der Waals surface area contributed by atoms with Crippen LogP contribution >= 0.6 is 0 Å². The van der Waals surface area contributed by atoms with Crippen LogP contribution in [0.5, 0.6) is 0 Å². The molecule has 1 aliphatic carbocycles. The molecule has 4 rings (SSSR count). The molecule has 6 N–H and O–H groups in total. The Hall–Kier alpha value is -5.39. The Morgan fingerprint density at radius 1 is 1.11 bits per heavy atom. The van der Waals surface area contributed by atoms with Crippen LogP contribution in [0.1, 0.15) is 71.6 Å². The molecule has 1 aromatic heterocycles. The van der Waals surface area contributed by atoms with Crippen LogP contribution in [0.15, 0.2) is 86.8 Å². The van der Waals surface area contributed by atoms with E-state index < -0.39 is 22.7 Å². The predicted molar refractivity (Wildman–Crippen MR) is 176 cm³/mol. The van der Waals surface area contributed by atoms with Crippen molar-refractivity contribution in [1.82, 2.24) is 20.6 Å². The minimum atomic E-state index is -0.640. The number of nitrogen functional groups attached to an aromatic ring is 1. The van der Waals surface area contributed by atoms with Crippen LogP contribution in [-0.2, 0) is 13.1 Å². The third-order valence-electron chi connectivity index (χ3n) is 7.40. The summed E-state index contributed by atoms with van der Waals surface area (Å²) in [6, 6.07) is 8.67. The number of rotatable bonds is 12. The van der Waals surface area contributed by atoms with E-state index in [1.54, 1.807) is 6.21 Å². The number of nitrogens with two attached hydrogens (primary N) is 2. The fourth-order valence-electron chi connectivity index (χ4n) is 4.98. The highest BCUT2D eigenvalue weighted by atomic mass is 16.2. The van der Waals surface area contributed by atoms with Gasteiger partial charge in [0.25, 0.3) is 22.7 Å². The zero-order valence-electron chi connectivity index (χ0n) is 25.5. The van der Waals surface area contributed by atoms with Crippen molar-refractivity contribution in [2.24, 2.45) is 10.9 Å². The van der Waals surface area contributed by atoms with Crippen LogP contribution in [0.3, 0.4) is 0 Å². The Bertz CT molecular complexity index is 1730. The molecule has 45 heavy (non-hydrogen) atoms. The molecular weight excluding hydrogens is 572 g/mol. The normalized spacial score (nSPS) is 18.1. The quantitative estimate of drug-likeness (QED) is 0.104. The molecule has 0 spiro atoms. The monoisotopic (exact) mass is 610 g/mol. The van der Waals surface area contributed by atoms with Crippen LogP contribution < -0.4 is 38.0 Å². The lowest BCUT2D eigenvalue weighted by Crippen LogP contribution is -2.42. The number of carbonyl (C=O) groups excluding carboxylic acids is 2. The molecule has 3 aromatic rings. The first-order chi connectivity index (χ1) is 21.7. The van der Waals surface area contributed by atoms with Crippen molar-refractivity contribution in [3.63, 3.8) is 0 Å². The highest BCUT2D eigenvalue weighted by Crippen LogP contribution is 2.21. The molecular formula is C33H38N8O4. The fourth-order valence-corrected chi connectivity index (χ4v) is 4.98.